The third-order valence-corrected chi connectivity index (χ3v) is 17.5. The van der Waals surface area contributed by atoms with E-state index >= 15 is 0 Å². The van der Waals surface area contributed by atoms with E-state index in [-0.39, 0.29) is 27.1 Å². The second-order valence-corrected chi connectivity index (χ2v) is 25.1. The van der Waals surface area contributed by atoms with Crippen molar-refractivity contribution in [2.45, 2.75) is 96.3 Å². The van der Waals surface area contributed by atoms with Crippen molar-refractivity contribution < 1.29 is 37.0 Å². The first-order chi connectivity index (χ1) is 33.9. The summed E-state index contributed by atoms with van der Waals surface area (Å²) in [5.41, 5.74) is 8.79. The molecule has 0 aromatic heterocycles. The van der Waals surface area contributed by atoms with Crippen molar-refractivity contribution in [2.24, 2.45) is 16.2 Å². The Kier molecular flexibility index (Phi) is 21.9. The first kappa shape index (κ1) is 58.8. The summed E-state index contributed by atoms with van der Waals surface area (Å²) in [5.74, 6) is 8.20. The van der Waals surface area contributed by atoms with Gasteiger partial charge in [0.05, 0.1) is 32.0 Å². The van der Waals surface area contributed by atoms with E-state index in [9.17, 15) is 22.8 Å². The van der Waals surface area contributed by atoms with E-state index in [0.717, 1.165) is 70.9 Å². The molecular formula is C61H74O8S3. The van der Waals surface area contributed by atoms with Gasteiger partial charge in [-0.1, -0.05) is 137 Å². The number of sulfone groups is 1. The minimum absolute atomic E-state index is 0.206. The van der Waals surface area contributed by atoms with Crippen LogP contribution in [-0.4, -0.2) is 71.7 Å². The van der Waals surface area contributed by atoms with Gasteiger partial charge < -0.3 is 28.6 Å². The van der Waals surface area contributed by atoms with Crippen LogP contribution in [0.1, 0.15) is 91.6 Å². The number of carbonyl (C=O) groups excluding carboxylic acids is 3. The number of methoxy groups -OCH3 is 3. The Morgan fingerprint density at radius 2 is 0.903 bits per heavy atom. The second-order valence-electron chi connectivity index (χ2n) is 20.4. The summed E-state index contributed by atoms with van der Waals surface area (Å²) in [4.78, 5) is 36.3. The average molecular weight is 1030 g/mol. The Morgan fingerprint density at radius 3 is 1.35 bits per heavy atom. The lowest BCUT2D eigenvalue weighted by Gasteiger charge is -2.21. The summed E-state index contributed by atoms with van der Waals surface area (Å²) in [6.07, 6.45) is 5.02. The number of hydrogen-bond donors (Lipinski definition) is 0. The number of ether oxygens (including phenoxy) is 3. The zero-order chi connectivity index (χ0) is 53.3. The Bertz CT molecular complexity index is 2860. The molecule has 0 fully saturated rings. The molecule has 72 heavy (non-hydrogen) atoms. The predicted molar refractivity (Wildman–Crippen MR) is 301 cm³/mol. The lowest BCUT2D eigenvalue weighted by atomic mass is 9.99. The lowest BCUT2D eigenvalue weighted by Crippen LogP contribution is -2.26. The first-order valence-corrected chi connectivity index (χ1v) is 28.1. The van der Waals surface area contributed by atoms with Gasteiger partial charge in [-0.3, -0.25) is 0 Å². The van der Waals surface area contributed by atoms with Crippen molar-refractivity contribution in [1.29, 1.82) is 0 Å². The minimum atomic E-state index is -3.57. The molecule has 0 aliphatic rings. The molecular weight excluding hydrogens is 957 g/mol. The number of hydrogen-bond acceptors (Lipinski definition) is 9. The molecule has 8 nitrogen and oxygen atoms in total. The van der Waals surface area contributed by atoms with Crippen LogP contribution in [0.15, 0.2) is 142 Å². The molecule has 6 aromatic carbocycles. The molecule has 1 atom stereocenters. The molecule has 0 spiro atoms. The topological polar surface area (TPSA) is 113 Å². The molecule has 6 aromatic rings. The molecule has 0 saturated heterocycles. The normalized spacial score (nSPS) is 12.0. The molecule has 0 bridgehead atoms. The standard InChI is InChI=1S/C21H26O2S.C20H24O4S.C20H24O2S/c1-16-6-11-20(24(5)15-21(2,3)14-22)18(12-16)13-17-7-9-19(23-4)10-8-17;1-15-5-10-19(25(22,23)14-20(2,3)13-21)17(11-15)12-16-6-8-18(24-4)9-7-16;1-15-5-10-19(23-14-20(2,3)13-21)17(11-15)12-16-6-8-18(22-4)9-7-16/h6-12,14H,5,13,15H2,1-4H3;5-11,13H,12,14H2,1-4H3;5-11,13H,12,14H2,1-4H3. The molecule has 0 heterocycles. The third-order valence-electron chi connectivity index (χ3n) is 11.6. The van der Waals surface area contributed by atoms with Gasteiger partial charge in [0, 0.05) is 37.5 Å². The predicted octanol–water partition coefficient (Wildman–Crippen LogP) is 13.4. The third kappa shape index (κ3) is 18.7. The molecule has 0 N–H and O–H groups in total. The van der Waals surface area contributed by atoms with Gasteiger partial charge in [-0.15, -0.1) is 11.8 Å². The zero-order valence-electron chi connectivity index (χ0n) is 44.3. The van der Waals surface area contributed by atoms with Gasteiger partial charge in [-0.05, 0) is 128 Å². The van der Waals surface area contributed by atoms with E-state index in [1.165, 1.54) is 43.2 Å². The van der Waals surface area contributed by atoms with Crippen LogP contribution in [0.2, 0.25) is 0 Å². The summed E-state index contributed by atoms with van der Waals surface area (Å²) in [5, 5.41) is 0. The van der Waals surface area contributed by atoms with E-state index < -0.39 is 15.3 Å². The van der Waals surface area contributed by atoms with Gasteiger partial charge in [-0.2, -0.15) is 10.5 Å². The van der Waals surface area contributed by atoms with E-state index in [1.54, 1.807) is 59.1 Å². The fraction of sp³-hybridized carbons (Fsp3) is 0.344. The van der Waals surface area contributed by atoms with Crippen LogP contribution < -0.4 is 14.2 Å². The van der Waals surface area contributed by atoms with Crippen LogP contribution in [0.3, 0.4) is 0 Å². The number of carbonyl (C=O) groups is 3. The number of benzene rings is 6. The maximum atomic E-state index is 12.9. The quantitative estimate of drug-likeness (QED) is 0.0395. The average Bonchev–Trinajstić information content (AvgIpc) is 3.34. The summed E-state index contributed by atoms with van der Waals surface area (Å²) in [6, 6.07) is 42.3. The number of thioether (sulfide) groups is 1. The number of rotatable bonds is 21. The highest BCUT2D eigenvalue weighted by molar-refractivity contribution is 8.14. The van der Waals surface area contributed by atoms with Gasteiger partial charge in [0.1, 0.15) is 36.1 Å². The van der Waals surface area contributed by atoms with Gasteiger partial charge in [0.2, 0.25) is 0 Å². The van der Waals surface area contributed by atoms with E-state index in [4.69, 9.17) is 14.2 Å². The van der Waals surface area contributed by atoms with Crippen LogP contribution in [-0.2, 0) is 43.5 Å². The maximum absolute atomic E-state index is 12.9. The van der Waals surface area contributed by atoms with Crippen LogP contribution in [0.5, 0.6) is 17.2 Å². The zero-order valence-corrected chi connectivity index (χ0v) is 46.7. The van der Waals surface area contributed by atoms with Crippen molar-refractivity contribution in [3.8, 4) is 17.2 Å². The highest BCUT2D eigenvalue weighted by atomic mass is 32.2. The van der Waals surface area contributed by atoms with Crippen molar-refractivity contribution in [3.63, 3.8) is 0 Å². The van der Waals surface area contributed by atoms with Crippen LogP contribution in [0.4, 0.5) is 0 Å². The van der Waals surface area contributed by atoms with Crippen molar-refractivity contribution in [1.82, 2.24) is 0 Å². The smallest absolute Gasteiger partial charge is 0.179 e. The van der Waals surface area contributed by atoms with Gasteiger partial charge in [0.15, 0.2) is 9.84 Å². The van der Waals surface area contributed by atoms with Crippen molar-refractivity contribution in [3.05, 3.63) is 177 Å². The Hall–Kier alpha value is -5.75. The number of aryl methyl sites for hydroxylation is 3. The molecule has 0 aliphatic heterocycles. The van der Waals surface area contributed by atoms with Crippen molar-refractivity contribution in [2.75, 3.05) is 38.6 Å². The second kappa shape index (κ2) is 26.8. The van der Waals surface area contributed by atoms with Crippen LogP contribution in [0.25, 0.3) is 0 Å². The highest BCUT2D eigenvalue weighted by Crippen LogP contribution is 2.36. The Balaban J connectivity index is 0.000000235. The van der Waals surface area contributed by atoms with E-state index in [1.807, 2.05) is 89.2 Å². The summed E-state index contributed by atoms with van der Waals surface area (Å²) in [6.45, 7) is 17.3. The Labute approximate surface area is 437 Å². The lowest BCUT2D eigenvalue weighted by molar-refractivity contribution is -0.114. The molecule has 384 valence electrons. The number of aldehydes is 3. The largest absolute Gasteiger partial charge is 0.497 e. The van der Waals surface area contributed by atoms with Gasteiger partial charge in [0.25, 0.3) is 0 Å². The summed E-state index contributed by atoms with van der Waals surface area (Å²) in [7, 11) is 1.19. The SMILES string of the molecule is C=S(CC(C)(C)C=O)c1ccc(C)cc1Cc1ccc(OC)cc1.COc1ccc(Cc2cc(C)ccc2S(=O)(=O)CC(C)(C)C=O)cc1.COc1ccc(Cc2cc(C)ccc2SCC(C)(C)C=O)cc1. The molecule has 0 amide bonds. The summed E-state index contributed by atoms with van der Waals surface area (Å²) >= 11 is 1.76. The molecule has 1 unspecified atom stereocenters. The van der Waals surface area contributed by atoms with Gasteiger partial charge >= 0.3 is 0 Å². The molecule has 0 saturated carbocycles. The summed E-state index contributed by atoms with van der Waals surface area (Å²) < 4.78 is 41.3. The monoisotopic (exact) mass is 1030 g/mol. The van der Waals surface area contributed by atoms with Gasteiger partial charge in [-0.25, -0.2) is 8.42 Å². The maximum Gasteiger partial charge on any atom is 0.179 e. The minimum Gasteiger partial charge on any atom is -0.497 e. The molecule has 0 radical (unpaired) electrons. The fourth-order valence-electron chi connectivity index (χ4n) is 7.62. The van der Waals surface area contributed by atoms with Crippen LogP contribution >= 0.6 is 22.2 Å². The molecule has 0 aliphatic carbocycles. The molecule has 6 rings (SSSR count). The highest BCUT2D eigenvalue weighted by Gasteiger charge is 2.29. The van der Waals surface area contributed by atoms with E-state index in [0.29, 0.717) is 17.6 Å². The Morgan fingerprint density at radius 1 is 0.514 bits per heavy atom. The van der Waals surface area contributed by atoms with Crippen LogP contribution in [0, 0.1) is 37.0 Å². The van der Waals surface area contributed by atoms with E-state index in [2.05, 4.69) is 80.4 Å². The first-order valence-electron chi connectivity index (χ1n) is 23.9. The fourth-order valence-corrected chi connectivity index (χ4v) is 12.6. The van der Waals surface area contributed by atoms with Crippen molar-refractivity contribution >= 4 is 56.8 Å². The molecule has 11 heteroatoms.